The molecule has 1 heterocycles. The van der Waals surface area contributed by atoms with Crippen molar-refractivity contribution in [2.45, 2.75) is 6.18 Å². The first kappa shape index (κ1) is 18.9. The maximum atomic E-state index is 13.3. The van der Waals surface area contributed by atoms with E-state index in [0.29, 0.717) is 11.8 Å². The van der Waals surface area contributed by atoms with E-state index in [-0.39, 0.29) is 16.1 Å². The third-order valence-corrected chi connectivity index (χ3v) is 4.55. The molecule has 1 aromatic heterocycles. The van der Waals surface area contributed by atoms with Gasteiger partial charge in [0.1, 0.15) is 5.58 Å². The van der Waals surface area contributed by atoms with E-state index >= 15 is 0 Å². The summed E-state index contributed by atoms with van der Waals surface area (Å²) < 4.78 is 44.7. The van der Waals surface area contributed by atoms with Gasteiger partial charge in [0, 0.05) is 28.2 Å². The highest BCUT2D eigenvalue weighted by Gasteiger charge is 2.33. The van der Waals surface area contributed by atoms with Gasteiger partial charge in [0.25, 0.3) is 0 Å². The lowest BCUT2D eigenvalue weighted by atomic mass is 10.1. The van der Waals surface area contributed by atoms with Gasteiger partial charge in [-0.1, -0.05) is 36.4 Å². The Labute approximate surface area is 168 Å². The highest BCUT2D eigenvalue weighted by atomic mass is 32.1. The average molecular weight is 414 g/mol. The maximum Gasteiger partial charge on any atom is 0.417 e. The molecule has 29 heavy (non-hydrogen) atoms. The van der Waals surface area contributed by atoms with Gasteiger partial charge in [-0.05, 0) is 41.9 Å². The Balaban J connectivity index is 1.64. The van der Waals surface area contributed by atoms with Crippen molar-refractivity contribution in [3.8, 4) is 0 Å². The molecule has 2 N–H and O–H groups in total. The van der Waals surface area contributed by atoms with Gasteiger partial charge in [0.2, 0.25) is 0 Å². The molecule has 0 spiro atoms. The molecule has 0 unspecified atom stereocenters. The predicted octanol–water partition coefficient (Wildman–Crippen LogP) is 5.77. The summed E-state index contributed by atoms with van der Waals surface area (Å²) in [4.78, 5) is 11.4. The molecule has 8 heteroatoms. The van der Waals surface area contributed by atoms with E-state index < -0.39 is 17.4 Å². The number of alkyl halides is 3. The molecule has 0 saturated heterocycles. The highest BCUT2D eigenvalue weighted by Crippen LogP contribution is 2.35. The zero-order valence-electron chi connectivity index (χ0n) is 14.7. The molecule has 0 aliphatic carbocycles. The molecular weight excluding hydrogens is 401 g/mol. The lowest BCUT2D eigenvalue weighted by molar-refractivity contribution is -0.136. The molecule has 0 aliphatic heterocycles. The second kappa shape index (κ2) is 7.21. The molecule has 0 atom stereocenters. The fraction of sp³-hybridized carbons (Fsp3) is 0.0476. The van der Waals surface area contributed by atoms with E-state index in [1.807, 2.05) is 42.5 Å². The number of hydrogen-bond acceptors (Lipinski definition) is 3. The van der Waals surface area contributed by atoms with Gasteiger partial charge in [-0.15, -0.1) is 0 Å². The number of hydrogen-bond donors (Lipinski definition) is 2. The smallest absolute Gasteiger partial charge is 0.417 e. The number of anilines is 2. The Morgan fingerprint density at radius 3 is 2.45 bits per heavy atom. The van der Waals surface area contributed by atoms with Gasteiger partial charge >= 0.3 is 11.8 Å². The van der Waals surface area contributed by atoms with Gasteiger partial charge in [-0.3, -0.25) is 0 Å². The van der Waals surface area contributed by atoms with Crippen molar-refractivity contribution in [2.24, 2.45) is 0 Å². The van der Waals surface area contributed by atoms with E-state index in [2.05, 4.69) is 10.6 Å². The van der Waals surface area contributed by atoms with Gasteiger partial charge in [-0.25, -0.2) is 4.79 Å². The SMILES string of the molecule is O=c1cc(C(F)(F)F)c2cc(NC(=S)Nc3cccc4ccccc34)ccc2o1. The Hall–Kier alpha value is -3.39. The van der Waals surface area contributed by atoms with Crippen molar-refractivity contribution < 1.29 is 17.6 Å². The topological polar surface area (TPSA) is 54.3 Å². The Kier molecular flexibility index (Phi) is 4.71. The van der Waals surface area contributed by atoms with Gasteiger partial charge in [0.05, 0.1) is 5.56 Å². The van der Waals surface area contributed by atoms with Crippen LogP contribution in [0, 0.1) is 0 Å². The van der Waals surface area contributed by atoms with Crippen LogP contribution in [-0.4, -0.2) is 5.11 Å². The van der Waals surface area contributed by atoms with E-state index in [9.17, 15) is 18.0 Å². The van der Waals surface area contributed by atoms with Crippen LogP contribution in [0.15, 0.2) is 75.9 Å². The molecule has 4 aromatic rings. The monoisotopic (exact) mass is 414 g/mol. The van der Waals surface area contributed by atoms with Crippen molar-refractivity contribution in [3.63, 3.8) is 0 Å². The first-order valence-corrected chi connectivity index (χ1v) is 8.93. The maximum absolute atomic E-state index is 13.3. The van der Waals surface area contributed by atoms with Crippen LogP contribution < -0.4 is 16.3 Å². The van der Waals surface area contributed by atoms with Crippen molar-refractivity contribution in [1.82, 2.24) is 0 Å². The molecule has 0 aliphatic rings. The van der Waals surface area contributed by atoms with Crippen molar-refractivity contribution in [1.29, 1.82) is 0 Å². The number of rotatable bonds is 2. The minimum atomic E-state index is -4.69. The van der Waals surface area contributed by atoms with E-state index in [4.69, 9.17) is 16.6 Å². The average Bonchev–Trinajstić information content (AvgIpc) is 2.67. The van der Waals surface area contributed by atoms with Gasteiger partial charge in [-0.2, -0.15) is 13.2 Å². The molecule has 0 bridgehead atoms. The number of benzene rings is 3. The Morgan fingerprint density at radius 1 is 0.897 bits per heavy atom. The van der Waals surface area contributed by atoms with Crippen LogP contribution in [0.1, 0.15) is 5.56 Å². The predicted molar refractivity (Wildman–Crippen MR) is 111 cm³/mol. The second-order valence-electron chi connectivity index (χ2n) is 6.29. The molecule has 146 valence electrons. The third kappa shape index (κ3) is 3.93. The third-order valence-electron chi connectivity index (χ3n) is 4.34. The summed E-state index contributed by atoms with van der Waals surface area (Å²) in [6, 6.07) is 17.9. The number of thiocarbonyl (C=S) groups is 1. The molecule has 4 rings (SSSR count). The van der Waals surface area contributed by atoms with Crippen LogP contribution in [-0.2, 0) is 6.18 Å². The fourth-order valence-corrected chi connectivity index (χ4v) is 3.32. The summed E-state index contributed by atoms with van der Waals surface area (Å²) in [5, 5.41) is 7.90. The summed E-state index contributed by atoms with van der Waals surface area (Å²) in [7, 11) is 0. The molecule has 0 amide bonds. The van der Waals surface area contributed by atoms with Crippen LogP contribution in [0.3, 0.4) is 0 Å². The Morgan fingerprint density at radius 2 is 1.66 bits per heavy atom. The lowest BCUT2D eigenvalue weighted by Gasteiger charge is -2.14. The summed E-state index contributed by atoms with van der Waals surface area (Å²) in [5.74, 6) is 0. The summed E-state index contributed by atoms with van der Waals surface area (Å²) in [5.41, 5.74) is -1.17. The fourth-order valence-electron chi connectivity index (χ4n) is 3.09. The van der Waals surface area contributed by atoms with E-state index in [1.165, 1.54) is 18.2 Å². The first-order valence-electron chi connectivity index (χ1n) is 8.52. The van der Waals surface area contributed by atoms with Crippen LogP contribution in [0.4, 0.5) is 24.5 Å². The number of fused-ring (bicyclic) bond motifs is 2. The lowest BCUT2D eigenvalue weighted by Crippen LogP contribution is -2.19. The summed E-state index contributed by atoms with van der Waals surface area (Å²) in [6.07, 6.45) is -4.69. The summed E-state index contributed by atoms with van der Waals surface area (Å²) in [6.45, 7) is 0. The van der Waals surface area contributed by atoms with Crippen LogP contribution in [0.5, 0.6) is 0 Å². The van der Waals surface area contributed by atoms with Crippen molar-refractivity contribution >= 4 is 50.4 Å². The van der Waals surface area contributed by atoms with Gasteiger partial charge in [0.15, 0.2) is 5.11 Å². The molecule has 0 saturated carbocycles. The van der Waals surface area contributed by atoms with Gasteiger partial charge < -0.3 is 15.1 Å². The Bertz CT molecular complexity index is 1290. The molecule has 0 fully saturated rings. The van der Waals surface area contributed by atoms with Crippen molar-refractivity contribution in [3.05, 3.63) is 82.7 Å². The zero-order valence-corrected chi connectivity index (χ0v) is 15.5. The largest absolute Gasteiger partial charge is 0.423 e. The van der Waals surface area contributed by atoms with E-state index in [0.717, 1.165) is 16.5 Å². The van der Waals surface area contributed by atoms with E-state index in [1.54, 1.807) is 0 Å². The normalized spacial score (nSPS) is 11.6. The second-order valence-corrected chi connectivity index (χ2v) is 6.70. The van der Waals surface area contributed by atoms with Crippen LogP contribution >= 0.6 is 12.2 Å². The minimum Gasteiger partial charge on any atom is -0.423 e. The van der Waals surface area contributed by atoms with Crippen LogP contribution in [0.2, 0.25) is 0 Å². The molecular formula is C21H13F3N2O2S. The quantitative estimate of drug-likeness (QED) is 0.322. The number of nitrogens with one attached hydrogen (secondary N) is 2. The number of halogens is 3. The van der Waals surface area contributed by atoms with Crippen LogP contribution in [0.25, 0.3) is 21.7 Å². The zero-order chi connectivity index (χ0) is 20.6. The minimum absolute atomic E-state index is 0.150. The first-order chi connectivity index (χ1) is 13.8. The molecule has 3 aromatic carbocycles. The van der Waals surface area contributed by atoms with Crippen molar-refractivity contribution in [2.75, 3.05) is 10.6 Å². The highest BCUT2D eigenvalue weighted by molar-refractivity contribution is 7.80. The molecule has 0 radical (unpaired) electrons. The summed E-state index contributed by atoms with van der Waals surface area (Å²) >= 11 is 5.31. The standard InChI is InChI=1S/C21H13F3N2O2S/c22-21(23,24)16-11-19(27)28-18-9-8-13(10-15(16)18)25-20(29)26-17-7-3-5-12-4-1-2-6-14(12)17/h1-11H,(H2,25,26,29). The molecule has 4 nitrogen and oxygen atoms in total.